The Kier molecular flexibility index (Phi) is 3.82. The molecule has 0 aromatic rings. The van der Waals surface area contributed by atoms with E-state index >= 15 is 0 Å². The Morgan fingerprint density at radius 3 is 2.64 bits per heavy atom. The van der Waals surface area contributed by atoms with Gasteiger partial charge in [-0.15, -0.1) is 0 Å². The average molecular weight is 196 g/mol. The highest BCUT2D eigenvalue weighted by molar-refractivity contribution is 4.86. The van der Waals surface area contributed by atoms with Gasteiger partial charge in [0.1, 0.15) is 0 Å². The quantitative estimate of drug-likeness (QED) is 0.678. The molecule has 0 atom stereocenters. The van der Waals surface area contributed by atoms with E-state index < -0.39 is 0 Å². The molecule has 82 valence electrons. The predicted molar refractivity (Wildman–Crippen MR) is 60.6 cm³/mol. The van der Waals surface area contributed by atoms with Gasteiger partial charge < -0.3 is 4.90 Å². The van der Waals surface area contributed by atoms with E-state index in [1.54, 1.807) is 0 Å². The lowest BCUT2D eigenvalue weighted by molar-refractivity contribution is 0.248. The van der Waals surface area contributed by atoms with Gasteiger partial charge >= 0.3 is 0 Å². The molecule has 1 aliphatic carbocycles. The Morgan fingerprint density at radius 2 is 1.93 bits per heavy atom. The van der Waals surface area contributed by atoms with Crippen LogP contribution in [0.2, 0.25) is 0 Å². The highest BCUT2D eigenvalue weighted by Gasteiger charge is 2.29. The van der Waals surface area contributed by atoms with E-state index in [0.717, 1.165) is 6.04 Å². The van der Waals surface area contributed by atoms with Crippen molar-refractivity contribution < 1.29 is 0 Å². The molecule has 0 amide bonds. The fourth-order valence-corrected chi connectivity index (χ4v) is 2.40. The Balaban J connectivity index is 1.70. The third kappa shape index (κ3) is 2.96. The van der Waals surface area contributed by atoms with Gasteiger partial charge in [0, 0.05) is 19.1 Å². The van der Waals surface area contributed by atoms with Crippen molar-refractivity contribution in [1.29, 1.82) is 0 Å². The molecule has 2 aliphatic rings. The summed E-state index contributed by atoms with van der Waals surface area (Å²) in [4.78, 5) is 5.37. The van der Waals surface area contributed by atoms with Crippen LogP contribution in [0.1, 0.15) is 39.0 Å². The molecule has 2 fully saturated rings. The summed E-state index contributed by atoms with van der Waals surface area (Å²) >= 11 is 0. The van der Waals surface area contributed by atoms with Crippen LogP contribution >= 0.6 is 0 Å². The molecule has 0 N–H and O–H groups in total. The second kappa shape index (κ2) is 5.13. The average Bonchev–Trinajstić information content (AvgIpc) is 3.01. The molecule has 2 heteroatoms. The summed E-state index contributed by atoms with van der Waals surface area (Å²) in [6.45, 7) is 8.95. The van der Waals surface area contributed by atoms with E-state index in [-0.39, 0.29) is 0 Å². The molecule has 1 saturated carbocycles. The van der Waals surface area contributed by atoms with Crippen LogP contribution in [0.15, 0.2) is 0 Å². The van der Waals surface area contributed by atoms with E-state index in [0.29, 0.717) is 0 Å². The van der Waals surface area contributed by atoms with Crippen molar-refractivity contribution in [3.63, 3.8) is 0 Å². The van der Waals surface area contributed by atoms with Crippen LogP contribution in [0.5, 0.6) is 0 Å². The SMILES string of the molecule is CCCCN1CCCN(C2CC2)CC1. The first-order valence-electron chi connectivity index (χ1n) is 6.36. The first-order valence-corrected chi connectivity index (χ1v) is 6.36. The number of rotatable bonds is 4. The molecule has 1 saturated heterocycles. The molecule has 2 nitrogen and oxygen atoms in total. The molecular weight excluding hydrogens is 172 g/mol. The van der Waals surface area contributed by atoms with Crippen molar-refractivity contribution in [3.05, 3.63) is 0 Å². The third-order valence-corrected chi connectivity index (χ3v) is 3.51. The standard InChI is InChI=1S/C12H24N2/c1-2-3-7-13-8-4-9-14(11-10-13)12-5-6-12/h12H,2-11H2,1H3. The van der Waals surface area contributed by atoms with Crippen molar-refractivity contribution in [1.82, 2.24) is 9.80 Å². The van der Waals surface area contributed by atoms with E-state index in [9.17, 15) is 0 Å². The van der Waals surface area contributed by atoms with E-state index in [1.807, 2.05) is 0 Å². The lowest BCUT2D eigenvalue weighted by Gasteiger charge is -2.21. The molecule has 1 aliphatic heterocycles. The lowest BCUT2D eigenvalue weighted by atomic mass is 10.3. The van der Waals surface area contributed by atoms with Crippen LogP contribution in [0.4, 0.5) is 0 Å². The van der Waals surface area contributed by atoms with Gasteiger partial charge in [-0.25, -0.2) is 0 Å². The summed E-state index contributed by atoms with van der Waals surface area (Å²) in [5.74, 6) is 0. The van der Waals surface area contributed by atoms with Crippen molar-refractivity contribution in [2.24, 2.45) is 0 Å². The summed E-state index contributed by atoms with van der Waals surface area (Å²) in [7, 11) is 0. The highest BCUT2D eigenvalue weighted by Crippen LogP contribution is 2.27. The smallest absolute Gasteiger partial charge is 0.0112 e. The highest BCUT2D eigenvalue weighted by atomic mass is 15.2. The van der Waals surface area contributed by atoms with Gasteiger partial charge in [0.2, 0.25) is 0 Å². The second-order valence-corrected chi connectivity index (χ2v) is 4.82. The van der Waals surface area contributed by atoms with Crippen molar-refractivity contribution >= 4 is 0 Å². The van der Waals surface area contributed by atoms with Crippen molar-refractivity contribution in [2.45, 2.75) is 45.1 Å². The van der Waals surface area contributed by atoms with E-state index in [2.05, 4.69) is 16.7 Å². The zero-order valence-electron chi connectivity index (χ0n) is 9.54. The maximum absolute atomic E-state index is 2.71. The van der Waals surface area contributed by atoms with E-state index in [4.69, 9.17) is 0 Å². The lowest BCUT2D eigenvalue weighted by Crippen LogP contribution is -2.32. The van der Waals surface area contributed by atoms with Gasteiger partial charge in [-0.05, 0) is 45.3 Å². The Hall–Kier alpha value is -0.0800. The molecule has 0 unspecified atom stereocenters. The fourth-order valence-electron chi connectivity index (χ4n) is 2.40. The number of hydrogen-bond donors (Lipinski definition) is 0. The molecule has 2 rings (SSSR count). The largest absolute Gasteiger partial charge is 0.302 e. The normalized spacial score (nSPS) is 26.4. The van der Waals surface area contributed by atoms with Crippen molar-refractivity contribution in [2.75, 3.05) is 32.7 Å². The summed E-state index contributed by atoms with van der Waals surface area (Å²) in [5.41, 5.74) is 0. The molecule has 14 heavy (non-hydrogen) atoms. The van der Waals surface area contributed by atoms with Crippen molar-refractivity contribution in [3.8, 4) is 0 Å². The minimum absolute atomic E-state index is 0.973. The maximum atomic E-state index is 2.71. The fraction of sp³-hybridized carbons (Fsp3) is 1.00. The summed E-state index contributed by atoms with van der Waals surface area (Å²) in [5, 5.41) is 0. The minimum Gasteiger partial charge on any atom is -0.302 e. The first kappa shape index (κ1) is 10.4. The Bertz CT molecular complexity index is 166. The topological polar surface area (TPSA) is 6.48 Å². The number of hydrogen-bond acceptors (Lipinski definition) is 2. The van der Waals surface area contributed by atoms with Gasteiger partial charge in [-0.1, -0.05) is 13.3 Å². The summed E-state index contributed by atoms with van der Waals surface area (Å²) < 4.78 is 0. The van der Waals surface area contributed by atoms with Gasteiger partial charge in [0.15, 0.2) is 0 Å². The first-order chi connectivity index (χ1) is 6.90. The monoisotopic (exact) mass is 196 g/mol. The zero-order chi connectivity index (χ0) is 9.80. The molecule has 0 aromatic heterocycles. The molecular formula is C12H24N2. The minimum atomic E-state index is 0.973. The maximum Gasteiger partial charge on any atom is 0.0112 e. The molecule has 0 spiro atoms. The van der Waals surface area contributed by atoms with Crippen LogP contribution < -0.4 is 0 Å². The zero-order valence-corrected chi connectivity index (χ0v) is 9.54. The summed E-state index contributed by atoms with van der Waals surface area (Å²) in [6, 6.07) is 0.973. The Labute approximate surface area is 88.3 Å². The van der Waals surface area contributed by atoms with Crippen LogP contribution in [0, 0.1) is 0 Å². The van der Waals surface area contributed by atoms with Gasteiger partial charge in [0.05, 0.1) is 0 Å². The van der Waals surface area contributed by atoms with Crippen LogP contribution in [0.25, 0.3) is 0 Å². The number of unbranched alkanes of at least 4 members (excludes halogenated alkanes) is 1. The van der Waals surface area contributed by atoms with Gasteiger partial charge in [0.25, 0.3) is 0 Å². The molecule has 0 radical (unpaired) electrons. The number of nitrogens with zero attached hydrogens (tertiary/aromatic N) is 2. The van der Waals surface area contributed by atoms with Crippen LogP contribution in [-0.4, -0.2) is 48.6 Å². The van der Waals surface area contributed by atoms with Gasteiger partial charge in [-0.2, -0.15) is 0 Å². The third-order valence-electron chi connectivity index (χ3n) is 3.51. The van der Waals surface area contributed by atoms with Gasteiger partial charge in [-0.3, -0.25) is 4.90 Å². The van der Waals surface area contributed by atoms with Crippen LogP contribution in [0.3, 0.4) is 0 Å². The predicted octanol–water partition coefficient (Wildman–Crippen LogP) is 1.96. The van der Waals surface area contributed by atoms with E-state index in [1.165, 1.54) is 64.8 Å². The molecule has 1 heterocycles. The Morgan fingerprint density at radius 1 is 1.07 bits per heavy atom. The molecule has 0 aromatic carbocycles. The molecule has 0 bridgehead atoms. The summed E-state index contributed by atoms with van der Waals surface area (Å²) in [6.07, 6.45) is 7.04. The van der Waals surface area contributed by atoms with Crippen LogP contribution in [-0.2, 0) is 0 Å². The second-order valence-electron chi connectivity index (χ2n) is 4.82.